The molecular formula is C27H31N7O2S. The minimum absolute atomic E-state index is 0.197. The average Bonchev–Trinajstić information content (AvgIpc) is 3.32. The first-order valence-corrected chi connectivity index (χ1v) is 13.7. The maximum atomic E-state index is 9.87. The van der Waals surface area contributed by atoms with Gasteiger partial charge in [0.2, 0.25) is 5.95 Å². The third-order valence-electron chi connectivity index (χ3n) is 6.85. The fraction of sp³-hybridized carbons (Fsp3) is 0.407. The molecule has 9 nitrogen and oxygen atoms in total. The van der Waals surface area contributed by atoms with Crippen molar-refractivity contribution in [1.82, 2.24) is 19.9 Å². The van der Waals surface area contributed by atoms with Gasteiger partial charge in [-0.3, -0.25) is 0 Å². The summed E-state index contributed by atoms with van der Waals surface area (Å²) in [4.78, 5) is 22.3. The zero-order chi connectivity index (χ0) is 25.0. The van der Waals surface area contributed by atoms with Gasteiger partial charge >= 0.3 is 0 Å². The molecule has 0 spiro atoms. The molecule has 4 heterocycles. The molecule has 0 radical (unpaired) electrons. The topological polar surface area (TPSA) is 108 Å². The van der Waals surface area contributed by atoms with Gasteiger partial charge in [-0.05, 0) is 43.4 Å². The van der Waals surface area contributed by atoms with Gasteiger partial charge in [0.15, 0.2) is 5.13 Å². The molecule has 3 aromatic heterocycles. The first kappa shape index (κ1) is 24.0. The molecule has 1 saturated heterocycles. The average molecular weight is 518 g/mol. The quantitative estimate of drug-likeness (QED) is 0.329. The molecule has 0 atom stereocenters. The Labute approximate surface area is 220 Å². The number of rotatable bonds is 7. The van der Waals surface area contributed by atoms with E-state index in [1.807, 2.05) is 36.4 Å². The second-order valence-corrected chi connectivity index (χ2v) is 10.6. The monoisotopic (exact) mass is 517 g/mol. The van der Waals surface area contributed by atoms with Crippen molar-refractivity contribution < 1.29 is 9.84 Å². The lowest BCUT2D eigenvalue weighted by Gasteiger charge is -2.27. The summed E-state index contributed by atoms with van der Waals surface area (Å²) in [6.45, 7) is 3.16. The Morgan fingerprint density at radius 1 is 0.946 bits per heavy atom. The molecule has 1 aliphatic heterocycles. The van der Waals surface area contributed by atoms with Gasteiger partial charge < -0.3 is 25.4 Å². The highest BCUT2D eigenvalue weighted by molar-refractivity contribution is 7.21. The van der Waals surface area contributed by atoms with Crippen LogP contribution in [0.25, 0.3) is 10.3 Å². The highest BCUT2D eigenvalue weighted by Crippen LogP contribution is 2.30. The molecule has 2 fully saturated rings. The van der Waals surface area contributed by atoms with Crippen molar-refractivity contribution >= 4 is 44.4 Å². The number of thiazole rings is 1. The van der Waals surface area contributed by atoms with Crippen molar-refractivity contribution in [2.24, 2.45) is 0 Å². The van der Waals surface area contributed by atoms with E-state index in [2.05, 4.69) is 27.7 Å². The number of aliphatic hydroxyl groups excluding tert-OH is 1. The Bertz CT molecular complexity index is 1340. The number of anilines is 4. The van der Waals surface area contributed by atoms with Crippen molar-refractivity contribution in [3.8, 4) is 0 Å². The van der Waals surface area contributed by atoms with Crippen LogP contribution in [-0.2, 0) is 11.2 Å². The highest BCUT2D eigenvalue weighted by Gasteiger charge is 2.21. The van der Waals surface area contributed by atoms with E-state index in [0.29, 0.717) is 18.2 Å². The normalized spacial score (nSPS) is 20.2. The van der Waals surface area contributed by atoms with Gasteiger partial charge in [0, 0.05) is 31.6 Å². The first-order valence-electron chi connectivity index (χ1n) is 12.9. The van der Waals surface area contributed by atoms with Gasteiger partial charge in [-0.2, -0.15) is 4.98 Å². The van der Waals surface area contributed by atoms with E-state index in [0.717, 1.165) is 79.0 Å². The van der Waals surface area contributed by atoms with E-state index in [4.69, 9.17) is 24.7 Å². The van der Waals surface area contributed by atoms with Gasteiger partial charge in [-0.25, -0.2) is 15.0 Å². The number of benzene rings is 1. The van der Waals surface area contributed by atoms with Crippen LogP contribution in [0.4, 0.5) is 22.7 Å². The van der Waals surface area contributed by atoms with E-state index in [-0.39, 0.29) is 12.1 Å². The molecule has 0 unspecified atom stereocenters. The Kier molecular flexibility index (Phi) is 7.11. The summed E-state index contributed by atoms with van der Waals surface area (Å²) in [5.74, 6) is 2.26. The molecular weight excluding hydrogens is 486 g/mol. The van der Waals surface area contributed by atoms with Crippen LogP contribution in [0.5, 0.6) is 0 Å². The molecule has 10 heteroatoms. The number of ether oxygens (including phenoxy) is 1. The number of nitrogens with zero attached hydrogens (tertiary/aromatic N) is 5. The number of hydrogen-bond acceptors (Lipinski definition) is 10. The Morgan fingerprint density at radius 2 is 1.76 bits per heavy atom. The lowest BCUT2D eigenvalue weighted by atomic mass is 9.93. The summed E-state index contributed by atoms with van der Waals surface area (Å²) < 4.78 is 5.47. The molecule has 1 aliphatic carbocycles. The van der Waals surface area contributed by atoms with Gasteiger partial charge in [-0.15, -0.1) is 0 Å². The fourth-order valence-electron chi connectivity index (χ4n) is 4.86. The van der Waals surface area contributed by atoms with Crippen molar-refractivity contribution in [3.05, 3.63) is 59.8 Å². The van der Waals surface area contributed by atoms with E-state index in [1.54, 1.807) is 0 Å². The Hall–Kier alpha value is -3.34. The van der Waals surface area contributed by atoms with Crippen LogP contribution in [0.15, 0.2) is 48.5 Å². The molecule has 37 heavy (non-hydrogen) atoms. The second-order valence-electron chi connectivity index (χ2n) is 9.62. The largest absolute Gasteiger partial charge is 0.393 e. The summed E-state index contributed by atoms with van der Waals surface area (Å²) in [6.07, 6.45) is 3.93. The fourth-order valence-corrected chi connectivity index (χ4v) is 5.70. The van der Waals surface area contributed by atoms with E-state index in [1.165, 1.54) is 16.9 Å². The van der Waals surface area contributed by atoms with Crippen molar-refractivity contribution in [2.75, 3.05) is 41.8 Å². The van der Waals surface area contributed by atoms with Crippen LogP contribution in [0.2, 0.25) is 0 Å². The maximum absolute atomic E-state index is 9.87. The van der Waals surface area contributed by atoms with Crippen molar-refractivity contribution in [1.29, 1.82) is 0 Å². The molecule has 2 aliphatic rings. The van der Waals surface area contributed by atoms with Crippen molar-refractivity contribution in [2.45, 2.75) is 44.2 Å². The lowest BCUT2D eigenvalue weighted by molar-refractivity contribution is 0.122. The molecule has 4 aromatic rings. The van der Waals surface area contributed by atoms with E-state index in [9.17, 15) is 5.11 Å². The zero-order valence-corrected chi connectivity index (χ0v) is 21.5. The van der Waals surface area contributed by atoms with Gasteiger partial charge in [0.1, 0.15) is 22.0 Å². The zero-order valence-electron chi connectivity index (χ0n) is 20.6. The third kappa shape index (κ3) is 5.98. The molecule has 3 N–H and O–H groups in total. The minimum atomic E-state index is -0.197. The van der Waals surface area contributed by atoms with Crippen molar-refractivity contribution in [3.63, 3.8) is 0 Å². The third-order valence-corrected chi connectivity index (χ3v) is 7.73. The molecule has 0 bridgehead atoms. The van der Waals surface area contributed by atoms with Gasteiger partial charge in [0.25, 0.3) is 0 Å². The number of aromatic nitrogens is 4. The van der Waals surface area contributed by atoms with Crippen LogP contribution in [0, 0.1) is 0 Å². The van der Waals surface area contributed by atoms with Crippen LogP contribution in [-0.4, -0.2) is 63.5 Å². The highest BCUT2D eigenvalue weighted by atomic mass is 32.1. The number of pyridine rings is 1. The molecule has 1 saturated carbocycles. The number of hydrogen-bond donors (Lipinski definition) is 3. The summed E-state index contributed by atoms with van der Waals surface area (Å²) in [5.41, 5.74) is 2.98. The predicted octanol–water partition coefficient (Wildman–Crippen LogP) is 4.37. The number of nitrogens with one attached hydrogen (secondary N) is 2. The molecule has 6 rings (SSSR count). The van der Waals surface area contributed by atoms with E-state index < -0.39 is 0 Å². The van der Waals surface area contributed by atoms with Gasteiger partial charge in [0.05, 0.1) is 25.0 Å². The summed E-state index contributed by atoms with van der Waals surface area (Å²) in [6, 6.07) is 16.6. The number of aliphatic hydroxyl groups is 1. The maximum Gasteiger partial charge on any atom is 0.225 e. The predicted molar refractivity (Wildman–Crippen MR) is 147 cm³/mol. The molecule has 192 valence electrons. The van der Waals surface area contributed by atoms with Crippen LogP contribution in [0.1, 0.15) is 36.9 Å². The SMILES string of the molecule is O[C@H]1CC[C@H](Nc2nc(Cc3ccccc3)cc(Nc3nc4ccc(N5CCOCC5)nc4s3)n2)CC1. The number of fused-ring (bicyclic) bond motifs is 1. The standard InChI is InChI=1S/C27H31N7O2S/c35-21-8-6-19(7-9-21)28-26-29-20(16-18-4-2-1-3-5-18)17-23(31-26)32-27-30-22-10-11-24(33-25(22)37-27)34-12-14-36-15-13-34/h1-5,10-11,17,19,21,35H,6-9,12-16H2,(H2,28,29,30,31,32)/t19-,21-. The molecule has 1 aromatic carbocycles. The van der Waals surface area contributed by atoms with Crippen LogP contribution in [0.3, 0.4) is 0 Å². The molecule has 0 amide bonds. The van der Waals surface area contributed by atoms with Crippen LogP contribution < -0.4 is 15.5 Å². The summed E-state index contributed by atoms with van der Waals surface area (Å²) in [7, 11) is 0. The Balaban J connectivity index is 1.24. The van der Waals surface area contributed by atoms with Crippen LogP contribution >= 0.6 is 11.3 Å². The first-order chi connectivity index (χ1) is 18.2. The smallest absolute Gasteiger partial charge is 0.225 e. The minimum Gasteiger partial charge on any atom is -0.393 e. The lowest BCUT2D eigenvalue weighted by Crippen LogP contribution is -2.36. The van der Waals surface area contributed by atoms with Gasteiger partial charge in [-0.1, -0.05) is 41.7 Å². The second kappa shape index (κ2) is 11.0. The summed E-state index contributed by atoms with van der Waals surface area (Å²) in [5, 5.41) is 17.5. The summed E-state index contributed by atoms with van der Waals surface area (Å²) >= 11 is 1.52. The van der Waals surface area contributed by atoms with E-state index >= 15 is 0 Å². The number of morpholine rings is 1. The Morgan fingerprint density at radius 3 is 2.57 bits per heavy atom.